The molecule has 0 bridgehead atoms. The molecule has 1 rings (SSSR count). The quantitative estimate of drug-likeness (QED) is 0.852. The van der Waals surface area contributed by atoms with Crippen molar-refractivity contribution in [3.63, 3.8) is 0 Å². The van der Waals surface area contributed by atoms with Gasteiger partial charge in [-0.1, -0.05) is 34.6 Å². The van der Waals surface area contributed by atoms with Crippen molar-refractivity contribution >= 4 is 5.91 Å². The first kappa shape index (κ1) is 16.5. The van der Waals surface area contributed by atoms with Gasteiger partial charge in [0.1, 0.15) is 0 Å². The van der Waals surface area contributed by atoms with Crippen LogP contribution in [0.15, 0.2) is 0 Å². The largest absolute Gasteiger partial charge is 0.342 e. The lowest BCUT2D eigenvalue weighted by molar-refractivity contribution is -0.143. The summed E-state index contributed by atoms with van der Waals surface area (Å²) in [7, 11) is 0. The monoisotopic (exact) mass is 268 g/mol. The van der Waals surface area contributed by atoms with Crippen LogP contribution in [0.2, 0.25) is 0 Å². The first-order chi connectivity index (χ1) is 8.71. The van der Waals surface area contributed by atoms with E-state index >= 15 is 0 Å². The molecule has 1 fully saturated rings. The maximum Gasteiger partial charge on any atom is 0.226 e. The predicted molar refractivity (Wildman–Crippen MR) is 80.7 cm³/mol. The Morgan fingerprint density at radius 3 is 2.42 bits per heavy atom. The van der Waals surface area contributed by atoms with Gasteiger partial charge in [-0.2, -0.15) is 0 Å². The van der Waals surface area contributed by atoms with Crippen molar-refractivity contribution in [2.24, 2.45) is 28.9 Å². The smallest absolute Gasteiger partial charge is 0.226 e. The van der Waals surface area contributed by atoms with Crippen LogP contribution >= 0.6 is 0 Å². The number of hydrogen-bond acceptors (Lipinski definition) is 2. The lowest BCUT2D eigenvalue weighted by atomic mass is 9.60. The van der Waals surface area contributed by atoms with Gasteiger partial charge in [-0.05, 0) is 37.0 Å². The van der Waals surface area contributed by atoms with E-state index in [9.17, 15) is 4.79 Å². The van der Waals surface area contributed by atoms with Gasteiger partial charge in [-0.25, -0.2) is 0 Å². The molecule has 3 atom stereocenters. The minimum Gasteiger partial charge on any atom is -0.342 e. The topological polar surface area (TPSA) is 46.3 Å². The molecule has 19 heavy (non-hydrogen) atoms. The molecule has 0 radical (unpaired) electrons. The summed E-state index contributed by atoms with van der Waals surface area (Å²) in [6.45, 7) is 14.7. The molecule has 0 saturated heterocycles. The molecular weight excluding hydrogens is 236 g/mol. The Morgan fingerprint density at radius 2 is 1.95 bits per heavy atom. The van der Waals surface area contributed by atoms with Crippen LogP contribution in [0.25, 0.3) is 0 Å². The van der Waals surface area contributed by atoms with Gasteiger partial charge in [0.05, 0.1) is 0 Å². The number of amides is 1. The fourth-order valence-corrected chi connectivity index (χ4v) is 3.33. The van der Waals surface area contributed by atoms with E-state index in [-0.39, 0.29) is 17.4 Å². The molecule has 1 aliphatic carbocycles. The van der Waals surface area contributed by atoms with E-state index < -0.39 is 0 Å². The molecule has 0 aromatic rings. The summed E-state index contributed by atoms with van der Waals surface area (Å²) in [5.41, 5.74) is 6.18. The van der Waals surface area contributed by atoms with Crippen molar-refractivity contribution in [3.8, 4) is 0 Å². The summed E-state index contributed by atoms with van der Waals surface area (Å²) < 4.78 is 0. The van der Waals surface area contributed by atoms with E-state index in [1.165, 1.54) is 0 Å². The van der Waals surface area contributed by atoms with Gasteiger partial charge < -0.3 is 10.6 Å². The van der Waals surface area contributed by atoms with Gasteiger partial charge in [0, 0.05) is 25.0 Å². The van der Waals surface area contributed by atoms with E-state index in [0.29, 0.717) is 17.7 Å². The van der Waals surface area contributed by atoms with Gasteiger partial charge in [0.15, 0.2) is 0 Å². The fraction of sp³-hybridized carbons (Fsp3) is 0.938. The summed E-state index contributed by atoms with van der Waals surface area (Å²) in [5, 5.41) is 0. The molecule has 2 N–H and O–H groups in total. The van der Waals surface area contributed by atoms with Crippen molar-refractivity contribution in [1.29, 1.82) is 0 Å². The van der Waals surface area contributed by atoms with Crippen LogP contribution in [0.5, 0.6) is 0 Å². The Labute approximate surface area is 118 Å². The Hall–Kier alpha value is -0.570. The average molecular weight is 268 g/mol. The number of rotatable bonds is 4. The van der Waals surface area contributed by atoms with Crippen molar-refractivity contribution in [1.82, 2.24) is 4.90 Å². The second-order valence-corrected chi connectivity index (χ2v) is 7.17. The maximum absolute atomic E-state index is 12.8. The fourth-order valence-electron chi connectivity index (χ4n) is 3.33. The van der Waals surface area contributed by atoms with Crippen molar-refractivity contribution < 1.29 is 4.79 Å². The number of nitrogens with zero attached hydrogens (tertiary/aromatic N) is 1. The third kappa shape index (κ3) is 3.50. The third-order valence-corrected chi connectivity index (χ3v) is 5.08. The summed E-state index contributed by atoms with van der Waals surface area (Å²) in [6, 6.07) is 0.235. The number of carbonyl (C=O) groups excluding carboxylic acids is 1. The van der Waals surface area contributed by atoms with Crippen LogP contribution in [0.3, 0.4) is 0 Å². The number of hydrogen-bond donors (Lipinski definition) is 1. The maximum atomic E-state index is 12.8. The van der Waals surface area contributed by atoms with Crippen molar-refractivity contribution in [3.05, 3.63) is 0 Å². The van der Waals surface area contributed by atoms with Gasteiger partial charge >= 0.3 is 0 Å². The Morgan fingerprint density at radius 1 is 1.37 bits per heavy atom. The van der Waals surface area contributed by atoms with Crippen LogP contribution in [0, 0.1) is 23.2 Å². The van der Waals surface area contributed by atoms with E-state index in [0.717, 1.165) is 25.9 Å². The zero-order chi connectivity index (χ0) is 14.8. The third-order valence-electron chi connectivity index (χ3n) is 5.08. The molecule has 3 unspecified atom stereocenters. The summed E-state index contributed by atoms with van der Waals surface area (Å²) in [4.78, 5) is 14.8. The summed E-state index contributed by atoms with van der Waals surface area (Å²) >= 11 is 0. The van der Waals surface area contributed by atoms with Crippen LogP contribution in [0.1, 0.15) is 54.4 Å². The van der Waals surface area contributed by atoms with E-state index in [1.54, 1.807) is 0 Å². The molecule has 1 amide bonds. The molecule has 3 nitrogen and oxygen atoms in total. The average Bonchev–Trinajstić information content (AvgIpc) is 2.32. The minimum atomic E-state index is -0.000844. The zero-order valence-electron chi connectivity index (χ0n) is 13.6. The zero-order valence-corrected chi connectivity index (χ0v) is 13.6. The highest BCUT2D eigenvalue weighted by atomic mass is 16.2. The van der Waals surface area contributed by atoms with Crippen LogP contribution in [0.4, 0.5) is 0 Å². The predicted octanol–water partition coefficient (Wildman–Crippen LogP) is 2.89. The Kier molecular flexibility index (Phi) is 5.43. The SMILES string of the molecule is CCN(CC(C)C)C(=O)C1CCC(N)C(C)C1(C)C. The summed E-state index contributed by atoms with van der Waals surface area (Å²) in [6.07, 6.45) is 1.91. The van der Waals surface area contributed by atoms with Crippen LogP contribution in [-0.4, -0.2) is 29.9 Å². The molecule has 3 heteroatoms. The molecule has 1 aliphatic rings. The molecule has 0 aliphatic heterocycles. The highest BCUT2D eigenvalue weighted by Crippen LogP contribution is 2.45. The minimum absolute atomic E-state index is 0.000844. The molecule has 0 aromatic heterocycles. The second kappa shape index (κ2) is 6.25. The molecule has 0 heterocycles. The molecule has 1 saturated carbocycles. The van der Waals surface area contributed by atoms with E-state index in [4.69, 9.17) is 5.73 Å². The van der Waals surface area contributed by atoms with Gasteiger partial charge in [-0.15, -0.1) is 0 Å². The first-order valence-corrected chi connectivity index (χ1v) is 7.76. The lowest BCUT2D eigenvalue weighted by Gasteiger charge is -2.47. The standard InChI is InChI=1S/C16H32N2O/c1-7-18(10-11(2)3)15(19)13-8-9-14(17)12(4)16(13,5)6/h11-14H,7-10,17H2,1-6H3. The highest BCUT2D eigenvalue weighted by Gasteiger charge is 2.45. The number of nitrogens with two attached hydrogens (primary N) is 1. The summed E-state index contributed by atoms with van der Waals surface area (Å²) in [5.74, 6) is 1.38. The van der Waals surface area contributed by atoms with Crippen molar-refractivity contribution in [2.75, 3.05) is 13.1 Å². The molecule has 0 aromatic carbocycles. The Bertz CT molecular complexity index is 312. The van der Waals surface area contributed by atoms with Gasteiger partial charge in [0.2, 0.25) is 5.91 Å². The lowest BCUT2D eigenvalue weighted by Crippen LogP contribution is -2.52. The first-order valence-electron chi connectivity index (χ1n) is 7.76. The normalized spacial score (nSPS) is 30.4. The Balaban J connectivity index is 2.85. The molecule has 112 valence electrons. The second-order valence-electron chi connectivity index (χ2n) is 7.17. The molecular formula is C16H32N2O. The van der Waals surface area contributed by atoms with Gasteiger partial charge in [0.25, 0.3) is 0 Å². The van der Waals surface area contributed by atoms with Crippen molar-refractivity contribution in [2.45, 2.75) is 60.4 Å². The van der Waals surface area contributed by atoms with Gasteiger partial charge in [-0.3, -0.25) is 4.79 Å². The van der Waals surface area contributed by atoms with Crippen LogP contribution in [-0.2, 0) is 4.79 Å². The van der Waals surface area contributed by atoms with E-state index in [1.807, 2.05) is 4.90 Å². The highest BCUT2D eigenvalue weighted by molar-refractivity contribution is 5.79. The molecule has 0 spiro atoms. The van der Waals surface area contributed by atoms with E-state index in [2.05, 4.69) is 41.5 Å². The number of carbonyl (C=O) groups is 1. The van der Waals surface area contributed by atoms with Crippen LogP contribution < -0.4 is 5.73 Å².